The molecule has 0 saturated heterocycles. The fourth-order valence-corrected chi connectivity index (χ4v) is 5.24. The van der Waals surface area contributed by atoms with Crippen LogP contribution in [0.15, 0.2) is 4.52 Å². The van der Waals surface area contributed by atoms with E-state index in [0.29, 0.717) is 0 Å². The van der Waals surface area contributed by atoms with E-state index < -0.39 is 34.1 Å². The van der Waals surface area contributed by atoms with Crippen LogP contribution < -0.4 is 0 Å². The summed E-state index contributed by atoms with van der Waals surface area (Å²) in [5.74, 6) is 0. The summed E-state index contributed by atoms with van der Waals surface area (Å²) in [7, 11) is -12.1. The largest absolute Gasteiger partial charge is 0.371 e. The Hall–Kier alpha value is 0.620. The van der Waals surface area contributed by atoms with Gasteiger partial charge in [-0.05, 0) is 11.6 Å². The standard InChI is InChI=1S/C2H5F5N3OP3/c1-2-11-14(7)8-12(5)9(3)13(6)10(14)4/h2H2,1H3. The van der Waals surface area contributed by atoms with Crippen LogP contribution in [-0.4, -0.2) is 15.9 Å². The number of hydrogen-bond acceptors (Lipinski definition) is 4. The number of rotatable bonds is 2. The van der Waals surface area contributed by atoms with Crippen LogP contribution in [0.2, 0.25) is 0 Å². The maximum atomic E-state index is 13.3. The molecule has 0 aliphatic carbocycles. The highest BCUT2D eigenvalue weighted by molar-refractivity contribution is 7.77. The highest BCUT2D eigenvalue weighted by Crippen LogP contribution is 2.80. The van der Waals surface area contributed by atoms with Gasteiger partial charge >= 0.3 is 24.8 Å². The van der Waals surface area contributed by atoms with Crippen LogP contribution in [0, 0.1) is 0 Å². The molecule has 3 unspecified atom stereocenters. The smallest absolute Gasteiger partial charge is 0.307 e. The third kappa shape index (κ3) is 2.23. The van der Waals surface area contributed by atoms with Crippen LogP contribution >= 0.6 is 24.8 Å². The average molecular weight is 275 g/mol. The second kappa shape index (κ2) is 4.64. The fourth-order valence-electron chi connectivity index (χ4n) is 0.608. The van der Waals surface area contributed by atoms with Crippen LogP contribution in [0.25, 0.3) is 0 Å². The van der Waals surface area contributed by atoms with Crippen molar-refractivity contribution in [2.24, 2.45) is 4.52 Å². The van der Waals surface area contributed by atoms with Crippen molar-refractivity contribution in [2.45, 2.75) is 6.92 Å². The molecule has 0 aromatic heterocycles. The Morgan fingerprint density at radius 3 is 2.50 bits per heavy atom. The van der Waals surface area contributed by atoms with Crippen molar-refractivity contribution in [2.75, 3.05) is 6.61 Å². The Bertz CT molecular complexity index is 267. The van der Waals surface area contributed by atoms with Gasteiger partial charge in [0.15, 0.2) is 0 Å². The molecule has 0 bridgehead atoms. The molecular weight excluding hydrogens is 270 g/mol. The molecule has 84 valence electrons. The van der Waals surface area contributed by atoms with Crippen molar-refractivity contribution in [1.29, 1.82) is 0 Å². The second-order valence-corrected chi connectivity index (χ2v) is 6.86. The fraction of sp³-hybridized carbons (Fsp3) is 1.00. The van der Waals surface area contributed by atoms with Gasteiger partial charge in [0.25, 0.3) is 0 Å². The van der Waals surface area contributed by atoms with Gasteiger partial charge in [0, 0.05) is 4.66 Å². The van der Waals surface area contributed by atoms with E-state index >= 15 is 0 Å². The predicted octanol–water partition coefficient (Wildman–Crippen LogP) is 4.72. The molecule has 0 fully saturated rings. The molecule has 1 aliphatic rings. The van der Waals surface area contributed by atoms with Gasteiger partial charge in [0.05, 0.1) is 6.61 Å². The second-order valence-electron chi connectivity index (χ2n) is 1.94. The summed E-state index contributed by atoms with van der Waals surface area (Å²) < 4.78 is 68.1. The lowest BCUT2D eigenvalue weighted by atomic mass is 10.9. The third-order valence-electron chi connectivity index (χ3n) is 1.09. The Kier molecular flexibility index (Phi) is 4.21. The zero-order valence-corrected chi connectivity index (χ0v) is 9.37. The van der Waals surface area contributed by atoms with E-state index in [2.05, 4.69) is 9.04 Å². The zero-order chi connectivity index (χ0) is 10.9. The normalized spacial score (nSPS) is 41.0. The van der Waals surface area contributed by atoms with Gasteiger partial charge in [0.1, 0.15) is 0 Å². The number of nitrogens with zero attached hydrogens (tertiary/aromatic N) is 3. The summed E-state index contributed by atoms with van der Waals surface area (Å²) >= 11 is 0. The molecule has 3 atom stereocenters. The highest BCUT2D eigenvalue weighted by atomic mass is 31.3. The van der Waals surface area contributed by atoms with Crippen LogP contribution in [0.5, 0.6) is 0 Å². The molecule has 0 amide bonds. The van der Waals surface area contributed by atoms with Gasteiger partial charge in [0.2, 0.25) is 0 Å². The first-order valence-electron chi connectivity index (χ1n) is 3.22. The molecule has 1 rings (SSSR count). The van der Waals surface area contributed by atoms with E-state index in [4.69, 9.17) is 0 Å². The minimum Gasteiger partial charge on any atom is -0.307 e. The molecule has 12 heteroatoms. The molecule has 4 nitrogen and oxygen atoms in total. The Morgan fingerprint density at radius 2 is 2.00 bits per heavy atom. The molecule has 1 heterocycles. The Labute approximate surface area is 79.2 Å². The molecule has 0 spiro atoms. The molecule has 0 radical (unpaired) electrons. The Balaban J connectivity index is 2.99. The lowest BCUT2D eigenvalue weighted by Crippen LogP contribution is -2.12. The summed E-state index contributed by atoms with van der Waals surface area (Å²) in [6.45, 7) is 0.986. The van der Waals surface area contributed by atoms with Crippen molar-refractivity contribution < 1.29 is 26.1 Å². The minimum atomic E-state index is -4.79. The average Bonchev–Trinajstić information content (AvgIpc) is 2.12. The molecular formula is C2H5F5N3OP3. The predicted molar refractivity (Wildman–Crippen MR) is 44.0 cm³/mol. The van der Waals surface area contributed by atoms with E-state index in [1.54, 1.807) is 0 Å². The maximum Gasteiger partial charge on any atom is 0.371 e. The van der Waals surface area contributed by atoms with Crippen molar-refractivity contribution in [3.63, 3.8) is 0 Å². The van der Waals surface area contributed by atoms with E-state index in [1.165, 1.54) is 6.92 Å². The molecule has 0 N–H and O–H groups in total. The van der Waals surface area contributed by atoms with Crippen molar-refractivity contribution in [3.8, 4) is 0 Å². The molecule has 0 saturated carbocycles. The lowest BCUT2D eigenvalue weighted by molar-refractivity contribution is 0.161. The van der Waals surface area contributed by atoms with Gasteiger partial charge in [-0.2, -0.15) is 17.1 Å². The van der Waals surface area contributed by atoms with Crippen molar-refractivity contribution in [3.05, 3.63) is 0 Å². The monoisotopic (exact) mass is 275 g/mol. The lowest BCUT2D eigenvalue weighted by Gasteiger charge is -2.29. The summed E-state index contributed by atoms with van der Waals surface area (Å²) in [5, 5.41) is 0. The first-order chi connectivity index (χ1) is 6.42. The SMILES string of the molecule is CCOP1(F)=NP(F)N(F)P(F)N1F. The first-order valence-corrected chi connectivity index (χ1v) is 7.00. The van der Waals surface area contributed by atoms with Crippen molar-refractivity contribution >= 4 is 24.8 Å². The Morgan fingerprint density at radius 1 is 1.43 bits per heavy atom. The van der Waals surface area contributed by atoms with E-state index in [-0.39, 0.29) is 6.61 Å². The minimum absolute atomic E-state index is 0.313. The quantitative estimate of drug-likeness (QED) is 0.414. The topological polar surface area (TPSA) is 28.1 Å². The van der Waals surface area contributed by atoms with Crippen LogP contribution in [0.3, 0.4) is 0 Å². The van der Waals surface area contributed by atoms with Gasteiger partial charge in [-0.1, -0.05) is 0 Å². The molecule has 0 aromatic rings. The molecule has 14 heavy (non-hydrogen) atoms. The third-order valence-corrected chi connectivity index (χ3v) is 6.36. The summed E-state index contributed by atoms with van der Waals surface area (Å²) in [5.41, 5.74) is 0. The summed E-state index contributed by atoms with van der Waals surface area (Å²) in [6, 6.07) is 0. The zero-order valence-electron chi connectivity index (χ0n) is 6.69. The van der Waals surface area contributed by atoms with Crippen LogP contribution in [-0.2, 0) is 4.52 Å². The summed E-state index contributed by atoms with van der Waals surface area (Å²) in [6.07, 6.45) is 0. The van der Waals surface area contributed by atoms with E-state index in [1.807, 2.05) is 0 Å². The van der Waals surface area contributed by atoms with Gasteiger partial charge in [-0.25, -0.2) is 0 Å². The van der Waals surface area contributed by atoms with Gasteiger partial charge < -0.3 is 4.52 Å². The van der Waals surface area contributed by atoms with Gasteiger partial charge in [-0.15, -0.1) is 8.96 Å². The van der Waals surface area contributed by atoms with Gasteiger partial charge in [-0.3, -0.25) is 0 Å². The molecule has 0 aromatic carbocycles. The van der Waals surface area contributed by atoms with Crippen LogP contribution in [0.1, 0.15) is 6.92 Å². The van der Waals surface area contributed by atoms with Crippen LogP contribution in [0.4, 0.5) is 21.6 Å². The van der Waals surface area contributed by atoms with Crippen molar-refractivity contribution in [1.82, 2.24) is 9.33 Å². The summed E-state index contributed by atoms with van der Waals surface area (Å²) in [4.78, 5) is 0. The maximum absolute atomic E-state index is 13.3. The number of hydrogen-bond donors (Lipinski definition) is 0. The molecule has 1 aliphatic heterocycles. The van der Waals surface area contributed by atoms with E-state index in [9.17, 15) is 21.6 Å². The van der Waals surface area contributed by atoms with E-state index in [0.717, 1.165) is 0 Å². The highest BCUT2D eigenvalue weighted by Gasteiger charge is 2.51. The first kappa shape index (κ1) is 12.7. The number of halogens is 5.